The zero-order chi connectivity index (χ0) is 12.1. The van der Waals surface area contributed by atoms with Crippen LogP contribution in [-0.4, -0.2) is 16.8 Å². The van der Waals surface area contributed by atoms with E-state index in [1.807, 2.05) is 37.3 Å². The Labute approximate surface area is 103 Å². The summed E-state index contributed by atoms with van der Waals surface area (Å²) in [4.78, 5) is 0. The van der Waals surface area contributed by atoms with Gasteiger partial charge in [0, 0.05) is 0 Å². The van der Waals surface area contributed by atoms with Gasteiger partial charge in [0.25, 0.3) is 0 Å². The molecule has 1 aliphatic heterocycles. The van der Waals surface area contributed by atoms with Gasteiger partial charge in [-0.15, -0.1) is 0 Å². The molecule has 0 unspecified atom stereocenters. The second-order valence-electron chi connectivity index (χ2n) is 5.82. The number of aliphatic hydroxyl groups is 1. The minimum atomic E-state index is -0.867. The van der Waals surface area contributed by atoms with Gasteiger partial charge in [-0.2, -0.15) is 0 Å². The predicted octanol–water partition coefficient (Wildman–Crippen LogP) is 2.85. The maximum Gasteiger partial charge on any atom is 0.127 e. The Morgan fingerprint density at radius 3 is 2.71 bits per heavy atom. The first-order valence-electron chi connectivity index (χ1n) is 6.52. The summed E-state index contributed by atoms with van der Waals surface area (Å²) in [7, 11) is 0. The number of benzene rings is 1. The Balaban J connectivity index is 1.94. The van der Waals surface area contributed by atoms with Crippen LogP contribution in [0.1, 0.15) is 38.7 Å². The van der Waals surface area contributed by atoms with Crippen molar-refractivity contribution in [3.63, 3.8) is 0 Å². The standard InChI is InChI=1S/C15H20O2/c1-11-8-9-13-15(10-11,17-13)14(2,16)12-6-4-3-5-7-12/h3-7,11,13,16H,8-10H2,1-2H3/t11-,13-,14-,15+/m1/s1. The van der Waals surface area contributed by atoms with Crippen LogP contribution in [0.25, 0.3) is 0 Å². The average Bonchev–Trinajstić information content (AvgIpc) is 3.05. The van der Waals surface area contributed by atoms with Crippen LogP contribution in [0.15, 0.2) is 30.3 Å². The molecule has 17 heavy (non-hydrogen) atoms. The molecule has 1 aliphatic carbocycles. The van der Waals surface area contributed by atoms with Crippen molar-refractivity contribution < 1.29 is 9.84 Å². The van der Waals surface area contributed by atoms with E-state index in [4.69, 9.17) is 4.74 Å². The quantitative estimate of drug-likeness (QED) is 0.795. The molecular formula is C15H20O2. The topological polar surface area (TPSA) is 32.8 Å². The molecule has 4 atom stereocenters. The van der Waals surface area contributed by atoms with Crippen LogP contribution in [0.5, 0.6) is 0 Å². The lowest BCUT2D eigenvalue weighted by Gasteiger charge is -2.35. The molecule has 1 saturated heterocycles. The number of fused-ring (bicyclic) bond motifs is 1. The summed E-state index contributed by atoms with van der Waals surface area (Å²) < 4.78 is 5.91. The minimum absolute atomic E-state index is 0.258. The van der Waals surface area contributed by atoms with E-state index in [-0.39, 0.29) is 11.7 Å². The smallest absolute Gasteiger partial charge is 0.127 e. The summed E-state index contributed by atoms with van der Waals surface area (Å²) in [5.41, 5.74) is -0.226. The van der Waals surface area contributed by atoms with Gasteiger partial charge in [0.2, 0.25) is 0 Å². The molecule has 0 radical (unpaired) electrons. The van der Waals surface area contributed by atoms with E-state index >= 15 is 0 Å². The largest absolute Gasteiger partial charge is 0.382 e. The fourth-order valence-electron chi connectivity index (χ4n) is 3.38. The summed E-state index contributed by atoms with van der Waals surface area (Å²) in [5, 5.41) is 10.9. The van der Waals surface area contributed by atoms with E-state index in [1.165, 1.54) is 6.42 Å². The SMILES string of the molecule is C[C@@H]1CC[C@H]2O[C@@]2([C@](C)(O)c2ccccc2)C1. The molecule has 1 N–H and O–H groups in total. The van der Waals surface area contributed by atoms with Gasteiger partial charge < -0.3 is 9.84 Å². The number of ether oxygens (including phenoxy) is 1. The molecule has 2 heteroatoms. The lowest BCUT2D eigenvalue weighted by Crippen LogP contribution is -2.44. The molecule has 0 bridgehead atoms. The molecule has 92 valence electrons. The van der Waals surface area contributed by atoms with E-state index in [1.54, 1.807) is 0 Å². The Hall–Kier alpha value is -0.860. The van der Waals surface area contributed by atoms with E-state index in [0.717, 1.165) is 18.4 Å². The second kappa shape index (κ2) is 3.56. The first-order valence-corrected chi connectivity index (χ1v) is 6.52. The van der Waals surface area contributed by atoms with Crippen LogP contribution in [-0.2, 0) is 10.3 Å². The monoisotopic (exact) mass is 232 g/mol. The maximum absolute atomic E-state index is 10.9. The molecule has 1 heterocycles. The lowest BCUT2D eigenvalue weighted by atomic mass is 9.71. The van der Waals surface area contributed by atoms with Crippen LogP contribution >= 0.6 is 0 Å². The lowest BCUT2D eigenvalue weighted by molar-refractivity contribution is -0.0390. The van der Waals surface area contributed by atoms with Crippen molar-refractivity contribution in [2.75, 3.05) is 0 Å². The zero-order valence-corrected chi connectivity index (χ0v) is 10.5. The Kier molecular flexibility index (Phi) is 2.36. The molecule has 1 saturated carbocycles. The van der Waals surface area contributed by atoms with E-state index in [9.17, 15) is 5.11 Å². The van der Waals surface area contributed by atoms with Crippen LogP contribution in [0, 0.1) is 5.92 Å². The van der Waals surface area contributed by atoms with E-state index < -0.39 is 5.60 Å². The van der Waals surface area contributed by atoms with Gasteiger partial charge in [-0.3, -0.25) is 0 Å². The Bertz CT molecular complexity index is 412. The third kappa shape index (κ3) is 1.54. The Morgan fingerprint density at radius 2 is 2.00 bits per heavy atom. The molecule has 2 fully saturated rings. The number of hydrogen-bond donors (Lipinski definition) is 1. The highest BCUT2D eigenvalue weighted by Crippen LogP contribution is 2.58. The summed E-state index contributed by atoms with van der Waals surface area (Å²) in [6, 6.07) is 9.92. The highest BCUT2D eigenvalue weighted by atomic mass is 16.6. The zero-order valence-electron chi connectivity index (χ0n) is 10.5. The normalized spacial score (nSPS) is 39.2. The van der Waals surface area contributed by atoms with E-state index in [2.05, 4.69) is 6.92 Å². The molecule has 0 amide bonds. The highest BCUT2D eigenvalue weighted by molar-refractivity contribution is 5.30. The number of hydrogen-bond acceptors (Lipinski definition) is 2. The molecule has 1 aromatic rings. The van der Waals surface area contributed by atoms with Crippen LogP contribution in [0.4, 0.5) is 0 Å². The van der Waals surface area contributed by atoms with Crippen molar-refractivity contribution >= 4 is 0 Å². The van der Waals surface area contributed by atoms with Crippen molar-refractivity contribution in [2.24, 2.45) is 5.92 Å². The summed E-state index contributed by atoms with van der Waals surface area (Å²) in [6.07, 6.45) is 3.54. The van der Waals surface area contributed by atoms with Crippen LogP contribution in [0.2, 0.25) is 0 Å². The van der Waals surface area contributed by atoms with Crippen molar-refractivity contribution in [2.45, 2.75) is 50.4 Å². The third-order valence-electron chi connectivity index (χ3n) is 4.55. The summed E-state index contributed by atoms with van der Waals surface area (Å²) >= 11 is 0. The van der Waals surface area contributed by atoms with Gasteiger partial charge in [-0.1, -0.05) is 37.3 Å². The van der Waals surface area contributed by atoms with Gasteiger partial charge in [-0.05, 0) is 37.7 Å². The van der Waals surface area contributed by atoms with Gasteiger partial charge in [0.15, 0.2) is 0 Å². The fourth-order valence-corrected chi connectivity index (χ4v) is 3.38. The second-order valence-corrected chi connectivity index (χ2v) is 5.82. The van der Waals surface area contributed by atoms with Crippen molar-refractivity contribution in [1.82, 2.24) is 0 Å². The summed E-state index contributed by atoms with van der Waals surface area (Å²) in [5.74, 6) is 0.643. The van der Waals surface area contributed by atoms with Gasteiger partial charge in [0.1, 0.15) is 11.2 Å². The van der Waals surface area contributed by atoms with Crippen LogP contribution < -0.4 is 0 Å². The van der Waals surface area contributed by atoms with Crippen molar-refractivity contribution in [3.8, 4) is 0 Å². The van der Waals surface area contributed by atoms with Gasteiger partial charge in [0.05, 0.1) is 6.10 Å². The molecule has 0 aromatic heterocycles. The van der Waals surface area contributed by atoms with Gasteiger partial charge >= 0.3 is 0 Å². The molecular weight excluding hydrogens is 212 g/mol. The third-order valence-corrected chi connectivity index (χ3v) is 4.55. The number of rotatable bonds is 2. The maximum atomic E-state index is 10.9. The Morgan fingerprint density at radius 1 is 1.29 bits per heavy atom. The number of epoxide rings is 1. The van der Waals surface area contributed by atoms with Crippen molar-refractivity contribution in [1.29, 1.82) is 0 Å². The molecule has 2 aliphatic rings. The van der Waals surface area contributed by atoms with Gasteiger partial charge in [-0.25, -0.2) is 0 Å². The molecule has 2 nitrogen and oxygen atoms in total. The van der Waals surface area contributed by atoms with E-state index in [0.29, 0.717) is 5.92 Å². The highest BCUT2D eigenvalue weighted by Gasteiger charge is 2.68. The molecule has 3 rings (SSSR count). The minimum Gasteiger partial charge on any atom is -0.382 e. The molecule has 1 aromatic carbocycles. The first kappa shape index (κ1) is 11.2. The van der Waals surface area contributed by atoms with Crippen LogP contribution in [0.3, 0.4) is 0 Å². The summed E-state index contributed by atoms with van der Waals surface area (Å²) in [6.45, 7) is 4.15. The predicted molar refractivity (Wildman–Crippen MR) is 66.6 cm³/mol. The first-order chi connectivity index (χ1) is 8.06. The average molecular weight is 232 g/mol. The fraction of sp³-hybridized carbons (Fsp3) is 0.600. The molecule has 0 spiro atoms. The van der Waals surface area contributed by atoms with Crippen molar-refractivity contribution in [3.05, 3.63) is 35.9 Å².